The molecule has 0 atom stereocenters. The maximum Gasteiger partial charge on any atom is 0.411 e. The molecule has 0 bridgehead atoms. The Morgan fingerprint density at radius 3 is 2.48 bits per heavy atom. The van der Waals surface area contributed by atoms with Gasteiger partial charge >= 0.3 is 6.09 Å². The lowest BCUT2D eigenvalue weighted by Crippen LogP contribution is -2.13. The zero-order valence-corrected chi connectivity index (χ0v) is 12.5. The Morgan fingerprint density at radius 2 is 1.83 bits per heavy atom. The van der Waals surface area contributed by atoms with Crippen LogP contribution in [-0.2, 0) is 11.3 Å². The van der Waals surface area contributed by atoms with E-state index in [0.29, 0.717) is 17.5 Å². The van der Waals surface area contributed by atoms with Gasteiger partial charge in [0.15, 0.2) is 0 Å². The van der Waals surface area contributed by atoms with Crippen molar-refractivity contribution in [1.82, 2.24) is 10.2 Å². The van der Waals surface area contributed by atoms with Gasteiger partial charge in [0, 0.05) is 18.2 Å². The normalized spacial score (nSPS) is 10.3. The highest BCUT2D eigenvalue weighted by molar-refractivity contribution is 5.84. The topological polar surface area (TPSA) is 77.2 Å². The fraction of sp³-hybridized carbons (Fsp3) is 0.118. The Labute approximate surface area is 133 Å². The predicted octanol–water partition coefficient (Wildman–Crippen LogP) is 3.79. The molecule has 0 saturated carbocycles. The second kappa shape index (κ2) is 6.74. The number of nitrogens with one attached hydrogen (secondary N) is 1. The number of carbonyl (C=O) groups excluding carboxylic acids is 1. The first kappa shape index (κ1) is 14.8. The third-order valence-corrected chi connectivity index (χ3v) is 3.12. The van der Waals surface area contributed by atoms with E-state index >= 15 is 0 Å². The first-order valence-corrected chi connectivity index (χ1v) is 7.09. The van der Waals surface area contributed by atoms with Crippen LogP contribution >= 0.6 is 0 Å². The Morgan fingerprint density at radius 1 is 1.09 bits per heavy atom. The molecule has 0 fully saturated rings. The van der Waals surface area contributed by atoms with E-state index in [-0.39, 0.29) is 6.61 Å². The number of anilines is 1. The number of nitrogens with zero attached hydrogens (tertiary/aromatic N) is 2. The molecule has 3 aromatic rings. The number of rotatable bonds is 4. The highest BCUT2D eigenvalue weighted by Gasteiger charge is 2.07. The molecule has 1 amide bonds. The monoisotopic (exact) mass is 309 g/mol. The third-order valence-electron chi connectivity index (χ3n) is 3.12. The van der Waals surface area contributed by atoms with Crippen molar-refractivity contribution in [3.8, 4) is 11.5 Å². The van der Waals surface area contributed by atoms with Crippen LogP contribution in [0.25, 0.3) is 11.5 Å². The molecule has 0 spiro atoms. The van der Waals surface area contributed by atoms with Crippen molar-refractivity contribution < 1.29 is 13.9 Å². The quantitative estimate of drug-likeness (QED) is 0.793. The lowest BCUT2D eigenvalue weighted by atomic mass is 10.2. The zero-order valence-electron chi connectivity index (χ0n) is 12.5. The number of carbonyl (C=O) groups is 1. The van der Waals surface area contributed by atoms with Crippen molar-refractivity contribution >= 4 is 11.8 Å². The minimum Gasteiger partial charge on any atom is -0.444 e. The summed E-state index contributed by atoms with van der Waals surface area (Å²) in [5.74, 6) is 0.951. The summed E-state index contributed by atoms with van der Waals surface area (Å²) in [7, 11) is 0. The van der Waals surface area contributed by atoms with Crippen LogP contribution < -0.4 is 5.32 Å². The second-order valence-corrected chi connectivity index (χ2v) is 4.89. The van der Waals surface area contributed by atoms with E-state index in [9.17, 15) is 4.79 Å². The van der Waals surface area contributed by atoms with Crippen LogP contribution in [0.2, 0.25) is 0 Å². The van der Waals surface area contributed by atoms with Gasteiger partial charge < -0.3 is 9.15 Å². The van der Waals surface area contributed by atoms with Crippen molar-refractivity contribution in [3.63, 3.8) is 0 Å². The number of amides is 1. The fourth-order valence-electron chi connectivity index (χ4n) is 1.99. The van der Waals surface area contributed by atoms with Crippen LogP contribution in [-0.4, -0.2) is 16.3 Å². The minimum absolute atomic E-state index is 0.228. The SMILES string of the molecule is Cc1nnc(-c2ccc(NC(=O)OCc3ccccc3)cc2)o1. The molecule has 0 aliphatic heterocycles. The average molecular weight is 309 g/mol. The van der Waals surface area contributed by atoms with Crippen molar-refractivity contribution in [2.45, 2.75) is 13.5 Å². The molecule has 116 valence electrons. The maximum atomic E-state index is 11.8. The fourth-order valence-corrected chi connectivity index (χ4v) is 1.99. The molecule has 0 saturated heterocycles. The Balaban J connectivity index is 1.56. The lowest BCUT2D eigenvalue weighted by Gasteiger charge is -2.07. The highest BCUT2D eigenvalue weighted by atomic mass is 16.5. The van der Waals surface area contributed by atoms with Crippen LogP contribution in [0.15, 0.2) is 59.0 Å². The van der Waals surface area contributed by atoms with Crippen molar-refractivity contribution in [3.05, 3.63) is 66.1 Å². The molecule has 2 aromatic carbocycles. The standard InChI is InChI=1S/C17H15N3O3/c1-12-19-20-16(23-12)14-7-9-15(10-8-14)18-17(21)22-11-13-5-3-2-4-6-13/h2-10H,11H2,1H3,(H,18,21). The van der Waals surface area contributed by atoms with Gasteiger partial charge in [0.25, 0.3) is 0 Å². The molecule has 6 heteroatoms. The van der Waals surface area contributed by atoms with Gasteiger partial charge in [-0.05, 0) is 29.8 Å². The van der Waals surface area contributed by atoms with Crippen molar-refractivity contribution in [2.24, 2.45) is 0 Å². The van der Waals surface area contributed by atoms with E-state index in [1.165, 1.54) is 0 Å². The number of hydrogen-bond donors (Lipinski definition) is 1. The van der Waals surface area contributed by atoms with Gasteiger partial charge in [-0.3, -0.25) is 5.32 Å². The minimum atomic E-state index is -0.504. The van der Waals surface area contributed by atoms with Gasteiger partial charge in [0.05, 0.1) is 0 Å². The maximum absolute atomic E-state index is 11.8. The first-order valence-electron chi connectivity index (χ1n) is 7.09. The van der Waals surface area contributed by atoms with Gasteiger partial charge in [0.2, 0.25) is 11.8 Å². The summed E-state index contributed by atoms with van der Waals surface area (Å²) < 4.78 is 10.5. The van der Waals surface area contributed by atoms with Crippen LogP contribution in [0.3, 0.4) is 0 Å². The smallest absolute Gasteiger partial charge is 0.411 e. The van der Waals surface area contributed by atoms with Gasteiger partial charge in [-0.25, -0.2) is 4.79 Å². The van der Waals surface area contributed by atoms with E-state index in [2.05, 4.69) is 15.5 Å². The average Bonchev–Trinajstić information content (AvgIpc) is 3.01. The Hall–Kier alpha value is -3.15. The lowest BCUT2D eigenvalue weighted by molar-refractivity contribution is 0.155. The molecule has 3 rings (SSSR count). The molecular formula is C17H15N3O3. The van der Waals surface area contributed by atoms with Gasteiger partial charge in [-0.1, -0.05) is 30.3 Å². The molecule has 1 aromatic heterocycles. The molecule has 1 N–H and O–H groups in total. The van der Waals surface area contributed by atoms with Crippen LogP contribution in [0.5, 0.6) is 0 Å². The third kappa shape index (κ3) is 3.94. The molecule has 0 radical (unpaired) electrons. The number of hydrogen-bond acceptors (Lipinski definition) is 5. The summed E-state index contributed by atoms with van der Waals surface area (Å²) in [6, 6.07) is 16.6. The molecular weight excluding hydrogens is 294 g/mol. The number of aromatic nitrogens is 2. The van der Waals surface area contributed by atoms with Crippen molar-refractivity contribution in [2.75, 3.05) is 5.32 Å². The molecule has 0 aliphatic rings. The first-order chi connectivity index (χ1) is 11.2. The molecule has 0 unspecified atom stereocenters. The number of ether oxygens (including phenoxy) is 1. The van der Waals surface area contributed by atoms with Gasteiger partial charge in [-0.15, -0.1) is 10.2 Å². The molecule has 0 aliphatic carbocycles. The van der Waals surface area contributed by atoms with E-state index in [1.807, 2.05) is 30.3 Å². The summed E-state index contributed by atoms with van der Waals surface area (Å²) in [6.45, 7) is 1.96. The second-order valence-electron chi connectivity index (χ2n) is 4.89. The molecule has 1 heterocycles. The van der Waals surface area contributed by atoms with Crippen molar-refractivity contribution in [1.29, 1.82) is 0 Å². The zero-order chi connectivity index (χ0) is 16.1. The Bertz CT molecular complexity index is 782. The van der Waals surface area contributed by atoms with Crippen LogP contribution in [0.4, 0.5) is 10.5 Å². The largest absolute Gasteiger partial charge is 0.444 e. The van der Waals surface area contributed by atoms with E-state index < -0.39 is 6.09 Å². The summed E-state index contributed by atoms with van der Waals surface area (Å²) in [4.78, 5) is 11.8. The summed E-state index contributed by atoms with van der Waals surface area (Å²) >= 11 is 0. The van der Waals surface area contributed by atoms with Crippen LogP contribution in [0, 0.1) is 6.92 Å². The predicted molar refractivity (Wildman–Crippen MR) is 84.7 cm³/mol. The van der Waals surface area contributed by atoms with E-state index in [4.69, 9.17) is 9.15 Å². The van der Waals surface area contributed by atoms with Crippen LogP contribution in [0.1, 0.15) is 11.5 Å². The van der Waals surface area contributed by atoms with Gasteiger partial charge in [0.1, 0.15) is 6.61 Å². The summed E-state index contributed by atoms with van der Waals surface area (Å²) in [5, 5.41) is 10.4. The van der Waals surface area contributed by atoms with E-state index in [0.717, 1.165) is 11.1 Å². The molecule has 23 heavy (non-hydrogen) atoms. The van der Waals surface area contributed by atoms with Gasteiger partial charge in [-0.2, -0.15) is 0 Å². The van der Waals surface area contributed by atoms with E-state index in [1.54, 1.807) is 31.2 Å². The highest BCUT2D eigenvalue weighted by Crippen LogP contribution is 2.20. The summed E-state index contributed by atoms with van der Waals surface area (Å²) in [6.07, 6.45) is -0.504. The molecule has 6 nitrogen and oxygen atoms in total. The number of aryl methyl sites for hydroxylation is 1. The Kier molecular flexibility index (Phi) is 4.33. The number of benzene rings is 2. The summed E-state index contributed by atoms with van der Waals surface area (Å²) in [5.41, 5.74) is 2.35.